The molecule has 0 radical (unpaired) electrons. The molecule has 3 rings (SSSR count). The van der Waals surface area contributed by atoms with E-state index in [1.165, 1.54) is 32.1 Å². The van der Waals surface area contributed by atoms with Crippen molar-refractivity contribution < 1.29 is 4.74 Å². The smallest absolute Gasteiger partial charge is 0.181 e. The van der Waals surface area contributed by atoms with Gasteiger partial charge in [-0.2, -0.15) is 5.10 Å². The molecule has 0 atom stereocenters. The Morgan fingerprint density at radius 1 is 1.11 bits per heavy atom. The van der Waals surface area contributed by atoms with Crippen molar-refractivity contribution in [1.29, 1.82) is 0 Å². The Balaban J connectivity index is 1.79. The number of ether oxygens (including phenoxy) is 1. The van der Waals surface area contributed by atoms with E-state index in [1.807, 2.05) is 24.3 Å². The van der Waals surface area contributed by atoms with Crippen molar-refractivity contribution in [3.8, 4) is 17.1 Å². The summed E-state index contributed by atoms with van der Waals surface area (Å²) in [6, 6.07) is 7.86. The average Bonchev–Trinajstić information content (AvgIpc) is 2.98. The van der Waals surface area contributed by atoms with Crippen LogP contribution in [0.2, 0.25) is 0 Å². The quantitative estimate of drug-likeness (QED) is 0.915. The van der Waals surface area contributed by atoms with E-state index in [2.05, 4.69) is 15.2 Å². The highest BCUT2D eigenvalue weighted by molar-refractivity contribution is 5.55. The van der Waals surface area contributed by atoms with Gasteiger partial charge in [0.2, 0.25) is 0 Å². The van der Waals surface area contributed by atoms with Crippen molar-refractivity contribution in [2.24, 2.45) is 0 Å². The summed E-state index contributed by atoms with van der Waals surface area (Å²) < 4.78 is 5.16. The SMILES string of the molecule is COc1ccc(-c2n[nH]c(C3CCCCC3)n2)cc1. The first-order valence-electron chi connectivity index (χ1n) is 6.93. The van der Waals surface area contributed by atoms with Crippen molar-refractivity contribution in [2.45, 2.75) is 38.0 Å². The number of aromatic nitrogens is 3. The van der Waals surface area contributed by atoms with E-state index in [-0.39, 0.29) is 0 Å². The van der Waals surface area contributed by atoms with Crippen LogP contribution in [0.5, 0.6) is 5.75 Å². The summed E-state index contributed by atoms with van der Waals surface area (Å²) in [6.45, 7) is 0. The van der Waals surface area contributed by atoms with E-state index in [0.717, 1.165) is 23.0 Å². The predicted molar refractivity (Wildman–Crippen MR) is 74.2 cm³/mol. The number of nitrogens with zero attached hydrogens (tertiary/aromatic N) is 2. The van der Waals surface area contributed by atoms with E-state index >= 15 is 0 Å². The molecule has 1 aliphatic carbocycles. The third-order valence-electron chi connectivity index (χ3n) is 3.84. The third-order valence-corrected chi connectivity index (χ3v) is 3.84. The van der Waals surface area contributed by atoms with Crippen LogP contribution in [0, 0.1) is 0 Å². The second-order valence-electron chi connectivity index (χ2n) is 5.11. The molecular weight excluding hydrogens is 238 g/mol. The minimum absolute atomic E-state index is 0.563. The Bertz CT molecular complexity index is 527. The number of H-pyrrole nitrogens is 1. The van der Waals surface area contributed by atoms with E-state index in [1.54, 1.807) is 7.11 Å². The summed E-state index contributed by atoms with van der Waals surface area (Å²) in [5.41, 5.74) is 1.03. The molecule has 0 bridgehead atoms. The van der Waals surface area contributed by atoms with Gasteiger partial charge in [-0.1, -0.05) is 19.3 Å². The first kappa shape index (κ1) is 12.2. The molecule has 19 heavy (non-hydrogen) atoms. The van der Waals surface area contributed by atoms with Crippen LogP contribution in [0.15, 0.2) is 24.3 Å². The Hall–Kier alpha value is -1.84. The molecule has 2 aromatic rings. The molecule has 1 N–H and O–H groups in total. The molecule has 4 nitrogen and oxygen atoms in total. The summed E-state index contributed by atoms with van der Waals surface area (Å²) in [4.78, 5) is 4.65. The van der Waals surface area contributed by atoms with E-state index < -0.39 is 0 Å². The molecule has 1 aromatic heterocycles. The lowest BCUT2D eigenvalue weighted by molar-refractivity contribution is 0.415. The number of nitrogens with one attached hydrogen (secondary N) is 1. The van der Waals surface area contributed by atoms with Crippen molar-refractivity contribution >= 4 is 0 Å². The fourth-order valence-electron chi connectivity index (χ4n) is 2.70. The Morgan fingerprint density at radius 2 is 1.84 bits per heavy atom. The largest absolute Gasteiger partial charge is 0.497 e. The molecular formula is C15H19N3O. The highest BCUT2D eigenvalue weighted by Crippen LogP contribution is 2.31. The second-order valence-corrected chi connectivity index (χ2v) is 5.11. The molecule has 0 spiro atoms. The Labute approximate surface area is 113 Å². The van der Waals surface area contributed by atoms with Gasteiger partial charge in [-0.05, 0) is 37.1 Å². The lowest BCUT2D eigenvalue weighted by Gasteiger charge is -2.18. The van der Waals surface area contributed by atoms with Gasteiger partial charge in [-0.3, -0.25) is 5.10 Å². The molecule has 1 heterocycles. The Morgan fingerprint density at radius 3 is 2.53 bits per heavy atom. The van der Waals surface area contributed by atoms with Gasteiger partial charge in [0.05, 0.1) is 7.11 Å². The van der Waals surface area contributed by atoms with Gasteiger partial charge in [0.15, 0.2) is 5.82 Å². The van der Waals surface area contributed by atoms with Crippen LogP contribution < -0.4 is 4.74 Å². The monoisotopic (exact) mass is 257 g/mol. The molecule has 0 aliphatic heterocycles. The Kier molecular flexibility index (Phi) is 3.49. The van der Waals surface area contributed by atoms with Gasteiger partial charge < -0.3 is 4.74 Å². The first-order valence-corrected chi connectivity index (χ1v) is 6.93. The van der Waals surface area contributed by atoms with Crippen LogP contribution >= 0.6 is 0 Å². The maximum Gasteiger partial charge on any atom is 0.181 e. The van der Waals surface area contributed by atoms with Gasteiger partial charge in [-0.25, -0.2) is 4.98 Å². The second kappa shape index (κ2) is 5.43. The van der Waals surface area contributed by atoms with Crippen molar-refractivity contribution in [1.82, 2.24) is 15.2 Å². The van der Waals surface area contributed by atoms with Crippen molar-refractivity contribution in [3.63, 3.8) is 0 Å². The van der Waals surface area contributed by atoms with Crippen molar-refractivity contribution in [3.05, 3.63) is 30.1 Å². The zero-order valence-corrected chi connectivity index (χ0v) is 11.2. The number of methoxy groups -OCH3 is 1. The molecule has 0 saturated heterocycles. The molecule has 1 fully saturated rings. The number of benzene rings is 1. The first-order chi connectivity index (χ1) is 9.36. The molecule has 1 aromatic carbocycles. The van der Waals surface area contributed by atoms with Crippen LogP contribution in [0.25, 0.3) is 11.4 Å². The lowest BCUT2D eigenvalue weighted by atomic mass is 9.89. The summed E-state index contributed by atoms with van der Waals surface area (Å²) >= 11 is 0. The van der Waals surface area contributed by atoms with Crippen LogP contribution in [-0.2, 0) is 0 Å². The topological polar surface area (TPSA) is 50.8 Å². The number of rotatable bonds is 3. The number of hydrogen-bond donors (Lipinski definition) is 1. The molecule has 0 unspecified atom stereocenters. The van der Waals surface area contributed by atoms with Gasteiger partial charge in [-0.15, -0.1) is 0 Å². The lowest BCUT2D eigenvalue weighted by Crippen LogP contribution is -2.06. The van der Waals surface area contributed by atoms with Crippen LogP contribution in [0.1, 0.15) is 43.8 Å². The number of hydrogen-bond acceptors (Lipinski definition) is 3. The van der Waals surface area contributed by atoms with E-state index in [4.69, 9.17) is 4.74 Å². The molecule has 0 amide bonds. The molecule has 4 heteroatoms. The van der Waals surface area contributed by atoms with Crippen LogP contribution in [0.4, 0.5) is 0 Å². The van der Waals surface area contributed by atoms with E-state index in [0.29, 0.717) is 5.92 Å². The number of aromatic amines is 1. The minimum atomic E-state index is 0.563. The van der Waals surface area contributed by atoms with Crippen LogP contribution in [0.3, 0.4) is 0 Å². The van der Waals surface area contributed by atoms with Gasteiger partial charge >= 0.3 is 0 Å². The average molecular weight is 257 g/mol. The normalized spacial score (nSPS) is 16.5. The summed E-state index contributed by atoms with van der Waals surface area (Å²) in [5, 5.41) is 7.45. The highest BCUT2D eigenvalue weighted by Gasteiger charge is 2.19. The van der Waals surface area contributed by atoms with Crippen molar-refractivity contribution in [2.75, 3.05) is 7.11 Å². The fourth-order valence-corrected chi connectivity index (χ4v) is 2.70. The fraction of sp³-hybridized carbons (Fsp3) is 0.467. The highest BCUT2D eigenvalue weighted by atomic mass is 16.5. The predicted octanol–water partition coefficient (Wildman–Crippen LogP) is 3.53. The van der Waals surface area contributed by atoms with Gasteiger partial charge in [0, 0.05) is 11.5 Å². The maximum atomic E-state index is 5.16. The minimum Gasteiger partial charge on any atom is -0.497 e. The molecule has 1 aliphatic rings. The summed E-state index contributed by atoms with van der Waals surface area (Å²) in [5.74, 6) is 3.24. The van der Waals surface area contributed by atoms with E-state index in [9.17, 15) is 0 Å². The maximum absolute atomic E-state index is 5.16. The van der Waals surface area contributed by atoms with Crippen LogP contribution in [-0.4, -0.2) is 22.3 Å². The standard InChI is InChI=1S/C15H19N3O/c1-19-13-9-7-12(8-10-13)15-16-14(17-18-15)11-5-3-2-4-6-11/h7-11H,2-6H2,1H3,(H,16,17,18). The molecule has 100 valence electrons. The zero-order chi connectivity index (χ0) is 13.1. The zero-order valence-electron chi connectivity index (χ0n) is 11.2. The molecule has 1 saturated carbocycles. The summed E-state index contributed by atoms with van der Waals surface area (Å²) in [7, 11) is 1.67. The summed E-state index contributed by atoms with van der Waals surface area (Å²) in [6.07, 6.45) is 6.44. The van der Waals surface area contributed by atoms with Gasteiger partial charge in [0.1, 0.15) is 11.6 Å². The van der Waals surface area contributed by atoms with Gasteiger partial charge in [0.25, 0.3) is 0 Å². The third kappa shape index (κ3) is 2.62.